The van der Waals surface area contributed by atoms with Crippen molar-refractivity contribution in [1.29, 1.82) is 0 Å². The maximum Gasteiger partial charge on any atom is 0.201 e. The second-order valence-corrected chi connectivity index (χ2v) is 5.28. The summed E-state index contributed by atoms with van der Waals surface area (Å²) in [7, 11) is 1.67. The van der Waals surface area contributed by atoms with Gasteiger partial charge in [-0.2, -0.15) is 0 Å². The summed E-state index contributed by atoms with van der Waals surface area (Å²) in [5, 5.41) is 0. The quantitative estimate of drug-likeness (QED) is 0.900. The first-order chi connectivity index (χ1) is 10.3. The van der Waals surface area contributed by atoms with Crippen molar-refractivity contribution >= 4 is 17.0 Å². The minimum atomic E-state index is 0.570. The van der Waals surface area contributed by atoms with Gasteiger partial charge in [0, 0.05) is 32.2 Å². The molecule has 0 spiro atoms. The Morgan fingerprint density at radius 2 is 2.10 bits per heavy atom. The average Bonchev–Trinajstić information content (AvgIpc) is 2.83. The van der Waals surface area contributed by atoms with Gasteiger partial charge >= 0.3 is 0 Å². The standard InChI is InChI=1S/C15H22N4O2/c1-20-12-3-4-13-14(11-12)19(15(16)17-13)6-2-5-18-7-9-21-10-8-18/h3-4,11H,2,5-10H2,1H3,(H2,16,17). The third kappa shape index (κ3) is 3.11. The molecule has 1 saturated heterocycles. The van der Waals surface area contributed by atoms with Crippen LogP contribution < -0.4 is 10.5 Å². The Labute approximate surface area is 124 Å². The number of imidazole rings is 1. The van der Waals surface area contributed by atoms with Crippen LogP contribution in [0.5, 0.6) is 5.75 Å². The number of nitrogens with two attached hydrogens (primary N) is 1. The first kappa shape index (κ1) is 14.2. The van der Waals surface area contributed by atoms with Crippen LogP contribution in [0.3, 0.4) is 0 Å². The number of nitrogens with zero attached hydrogens (tertiary/aromatic N) is 3. The van der Waals surface area contributed by atoms with E-state index >= 15 is 0 Å². The minimum Gasteiger partial charge on any atom is -0.497 e. The van der Waals surface area contributed by atoms with Gasteiger partial charge in [0.25, 0.3) is 0 Å². The van der Waals surface area contributed by atoms with Gasteiger partial charge in [0.15, 0.2) is 0 Å². The lowest BCUT2D eigenvalue weighted by molar-refractivity contribution is 0.0370. The van der Waals surface area contributed by atoms with Gasteiger partial charge in [-0.25, -0.2) is 4.98 Å². The van der Waals surface area contributed by atoms with Gasteiger partial charge in [0.1, 0.15) is 5.75 Å². The van der Waals surface area contributed by atoms with E-state index in [4.69, 9.17) is 15.2 Å². The molecule has 0 unspecified atom stereocenters. The number of aryl methyl sites for hydroxylation is 1. The lowest BCUT2D eigenvalue weighted by atomic mass is 10.3. The molecular weight excluding hydrogens is 268 g/mol. The zero-order valence-electron chi connectivity index (χ0n) is 12.4. The predicted molar refractivity (Wildman–Crippen MR) is 82.6 cm³/mol. The van der Waals surface area contributed by atoms with Crippen LogP contribution in [0, 0.1) is 0 Å². The molecule has 1 fully saturated rings. The van der Waals surface area contributed by atoms with Crippen molar-refractivity contribution in [2.24, 2.45) is 0 Å². The molecule has 1 aromatic carbocycles. The molecule has 3 rings (SSSR count). The number of morpholine rings is 1. The van der Waals surface area contributed by atoms with Crippen LogP contribution in [0.1, 0.15) is 6.42 Å². The van der Waals surface area contributed by atoms with E-state index in [-0.39, 0.29) is 0 Å². The number of fused-ring (bicyclic) bond motifs is 1. The Balaban J connectivity index is 1.69. The fourth-order valence-corrected chi connectivity index (χ4v) is 2.76. The van der Waals surface area contributed by atoms with Crippen LogP contribution in [-0.4, -0.2) is 54.4 Å². The summed E-state index contributed by atoms with van der Waals surface area (Å²) in [5.74, 6) is 1.40. The Bertz CT molecular complexity index is 605. The summed E-state index contributed by atoms with van der Waals surface area (Å²) in [6.45, 7) is 5.65. The van der Waals surface area contributed by atoms with E-state index in [0.29, 0.717) is 5.95 Å². The highest BCUT2D eigenvalue weighted by Gasteiger charge is 2.12. The molecule has 0 aliphatic carbocycles. The van der Waals surface area contributed by atoms with Crippen LogP contribution in [0.15, 0.2) is 18.2 Å². The third-order valence-corrected chi connectivity index (χ3v) is 3.94. The summed E-state index contributed by atoms with van der Waals surface area (Å²) >= 11 is 0. The van der Waals surface area contributed by atoms with E-state index in [1.807, 2.05) is 18.2 Å². The zero-order chi connectivity index (χ0) is 14.7. The van der Waals surface area contributed by atoms with E-state index in [1.54, 1.807) is 7.11 Å². The number of ether oxygens (including phenoxy) is 2. The molecule has 6 nitrogen and oxygen atoms in total. The van der Waals surface area contributed by atoms with Crippen molar-refractivity contribution in [1.82, 2.24) is 14.5 Å². The molecule has 6 heteroatoms. The largest absolute Gasteiger partial charge is 0.497 e. The van der Waals surface area contributed by atoms with Gasteiger partial charge in [-0.3, -0.25) is 4.90 Å². The molecular formula is C15H22N4O2. The lowest BCUT2D eigenvalue weighted by Gasteiger charge is -2.26. The molecule has 114 valence electrons. The second-order valence-electron chi connectivity index (χ2n) is 5.28. The van der Waals surface area contributed by atoms with Gasteiger partial charge in [-0.1, -0.05) is 0 Å². The summed E-state index contributed by atoms with van der Waals surface area (Å²) in [5.41, 5.74) is 7.99. The number of anilines is 1. The normalized spacial score (nSPS) is 16.4. The molecule has 2 N–H and O–H groups in total. The van der Waals surface area contributed by atoms with Crippen LogP contribution in [0.25, 0.3) is 11.0 Å². The molecule has 2 heterocycles. The topological polar surface area (TPSA) is 65.5 Å². The first-order valence-electron chi connectivity index (χ1n) is 7.38. The van der Waals surface area contributed by atoms with Crippen molar-refractivity contribution in [3.63, 3.8) is 0 Å². The highest BCUT2D eigenvalue weighted by Crippen LogP contribution is 2.23. The van der Waals surface area contributed by atoms with E-state index in [0.717, 1.165) is 62.6 Å². The van der Waals surface area contributed by atoms with Crippen molar-refractivity contribution in [2.75, 3.05) is 45.7 Å². The third-order valence-electron chi connectivity index (χ3n) is 3.94. The molecule has 21 heavy (non-hydrogen) atoms. The van der Waals surface area contributed by atoms with Crippen molar-refractivity contribution in [3.05, 3.63) is 18.2 Å². The van der Waals surface area contributed by atoms with E-state index < -0.39 is 0 Å². The zero-order valence-corrected chi connectivity index (χ0v) is 12.4. The lowest BCUT2D eigenvalue weighted by Crippen LogP contribution is -2.37. The maximum atomic E-state index is 6.04. The molecule has 0 saturated carbocycles. The number of rotatable bonds is 5. The van der Waals surface area contributed by atoms with E-state index in [9.17, 15) is 0 Å². The molecule has 1 aliphatic heterocycles. The Morgan fingerprint density at radius 3 is 2.86 bits per heavy atom. The minimum absolute atomic E-state index is 0.570. The number of benzene rings is 1. The fourth-order valence-electron chi connectivity index (χ4n) is 2.76. The van der Waals surface area contributed by atoms with Crippen LogP contribution in [0.4, 0.5) is 5.95 Å². The molecule has 0 bridgehead atoms. The number of aromatic nitrogens is 2. The van der Waals surface area contributed by atoms with Crippen molar-refractivity contribution in [2.45, 2.75) is 13.0 Å². The van der Waals surface area contributed by atoms with Crippen molar-refractivity contribution < 1.29 is 9.47 Å². The number of hydrogen-bond acceptors (Lipinski definition) is 5. The van der Waals surface area contributed by atoms with Crippen LogP contribution in [-0.2, 0) is 11.3 Å². The highest BCUT2D eigenvalue weighted by atomic mass is 16.5. The average molecular weight is 290 g/mol. The van der Waals surface area contributed by atoms with Crippen LogP contribution >= 0.6 is 0 Å². The molecule has 2 aromatic rings. The number of methoxy groups -OCH3 is 1. The van der Waals surface area contributed by atoms with E-state index in [2.05, 4.69) is 14.5 Å². The molecule has 0 amide bonds. The molecule has 0 atom stereocenters. The van der Waals surface area contributed by atoms with Gasteiger partial charge in [-0.15, -0.1) is 0 Å². The summed E-state index contributed by atoms with van der Waals surface area (Å²) in [6.07, 6.45) is 1.05. The maximum absolute atomic E-state index is 6.04. The number of nitrogen functional groups attached to an aromatic ring is 1. The predicted octanol–water partition coefficient (Wildman–Crippen LogP) is 1.35. The van der Waals surface area contributed by atoms with Crippen molar-refractivity contribution in [3.8, 4) is 5.75 Å². The highest BCUT2D eigenvalue weighted by molar-refractivity contribution is 5.79. The Hall–Kier alpha value is -1.79. The Morgan fingerprint density at radius 1 is 1.29 bits per heavy atom. The molecule has 1 aromatic heterocycles. The first-order valence-corrected chi connectivity index (χ1v) is 7.38. The smallest absolute Gasteiger partial charge is 0.201 e. The molecule has 1 aliphatic rings. The summed E-state index contributed by atoms with van der Waals surface area (Å²) in [4.78, 5) is 6.84. The summed E-state index contributed by atoms with van der Waals surface area (Å²) < 4.78 is 12.7. The van der Waals surface area contributed by atoms with Gasteiger partial charge < -0.3 is 19.8 Å². The number of hydrogen-bond donors (Lipinski definition) is 1. The summed E-state index contributed by atoms with van der Waals surface area (Å²) in [6, 6.07) is 5.85. The molecule has 0 radical (unpaired) electrons. The van der Waals surface area contributed by atoms with Gasteiger partial charge in [0.05, 0.1) is 31.4 Å². The SMILES string of the molecule is COc1ccc2nc(N)n(CCCN3CCOCC3)c2c1. The second kappa shape index (κ2) is 6.32. The van der Waals surface area contributed by atoms with E-state index in [1.165, 1.54) is 0 Å². The Kier molecular flexibility index (Phi) is 4.26. The monoisotopic (exact) mass is 290 g/mol. The fraction of sp³-hybridized carbons (Fsp3) is 0.533. The van der Waals surface area contributed by atoms with Gasteiger partial charge in [0.2, 0.25) is 5.95 Å². The van der Waals surface area contributed by atoms with Crippen LogP contribution in [0.2, 0.25) is 0 Å². The van der Waals surface area contributed by atoms with Gasteiger partial charge in [-0.05, 0) is 18.6 Å².